The number of benzene rings is 2. The van der Waals surface area contributed by atoms with Crippen molar-refractivity contribution in [3.63, 3.8) is 0 Å². The molecule has 0 aliphatic carbocycles. The van der Waals surface area contributed by atoms with Crippen LogP contribution in [0.3, 0.4) is 0 Å². The van der Waals surface area contributed by atoms with Crippen LogP contribution in [0.5, 0.6) is 0 Å². The first-order valence-corrected chi connectivity index (χ1v) is 10.4. The van der Waals surface area contributed by atoms with Crippen molar-refractivity contribution in [2.45, 2.75) is 17.5 Å². The molecule has 0 unspecified atom stereocenters. The topological polar surface area (TPSA) is 49.7 Å². The second-order valence-electron chi connectivity index (χ2n) is 6.50. The number of imidazole rings is 2. The third-order valence-corrected chi connectivity index (χ3v) is 5.66. The van der Waals surface area contributed by atoms with Crippen LogP contribution in [0.15, 0.2) is 72.3 Å². The molecule has 4 aromatic rings. The van der Waals surface area contributed by atoms with Crippen molar-refractivity contribution in [2.75, 3.05) is 11.9 Å². The number of nitrogens with one attached hydrogen (secondary N) is 1. The molecule has 2 heterocycles. The first-order chi connectivity index (χ1) is 14.1. The summed E-state index contributed by atoms with van der Waals surface area (Å²) in [7, 11) is 1.97. The van der Waals surface area contributed by atoms with Crippen molar-refractivity contribution < 1.29 is 4.39 Å². The second kappa shape index (κ2) is 8.71. The summed E-state index contributed by atoms with van der Waals surface area (Å²) in [6.45, 7) is 0.614. The molecule has 0 fully saturated rings. The van der Waals surface area contributed by atoms with Gasteiger partial charge in [-0.15, -0.1) is 0 Å². The minimum Gasteiger partial charge on any atom is -0.369 e. The summed E-state index contributed by atoms with van der Waals surface area (Å²) in [5.41, 5.74) is 2.93. The minimum atomic E-state index is -0.245. The molecule has 1 N–H and O–H groups in total. The first-order valence-electron chi connectivity index (χ1n) is 9.00. The Labute approximate surface area is 177 Å². The van der Waals surface area contributed by atoms with Crippen LogP contribution in [-0.2, 0) is 12.3 Å². The number of H-pyrrole nitrogens is 1. The van der Waals surface area contributed by atoms with Gasteiger partial charge in [0.1, 0.15) is 11.6 Å². The van der Waals surface area contributed by atoms with Gasteiger partial charge in [-0.05, 0) is 48.5 Å². The molecule has 0 amide bonds. The molecule has 0 spiro atoms. The fourth-order valence-corrected chi connectivity index (χ4v) is 4.02. The number of rotatable bonds is 7. The summed E-state index contributed by atoms with van der Waals surface area (Å²) >= 11 is 7.68. The molecular formula is C21H19ClFN5S. The largest absolute Gasteiger partial charge is 0.369 e. The highest BCUT2D eigenvalue weighted by atomic mass is 35.5. The van der Waals surface area contributed by atoms with E-state index in [1.54, 1.807) is 30.1 Å². The van der Waals surface area contributed by atoms with Gasteiger partial charge in [-0.1, -0.05) is 23.4 Å². The van der Waals surface area contributed by atoms with Gasteiger partial charge < -0.3 is 9.88 Å². The van der Waals surface area contributed by atoms with Gasteiger partial charge in [0.05, 0.1) is 24.2 Å². The van der Waals surface area contributed by atoms with E-state index < -0.39 is 0 Å². The Morgan fingerprint density at radius 3 is 2.55 bits per heavy atom. The highest BCUT2D eigenvalue weighted by Crippen LogP contribution is 2.27. The van der Waals surface area contributed by atoms with Crippen LogP contribution in [-0.4, -0.2) is 26.6 Å². The number of nitrogens with zero attached hydrogens (tertiary/aromatic N) is 4. The lowest BCUT2D eigenvalue weighted by molar-refractivity contribution is 0.627. The molecule has 8 heteroatoms. The zero-order valence-electron chi connectivity index (χ0n) is 15.7. The Bertz CT molecular complexity index is 1060. The summed E-state index contributed by atoms with van der Waals surface area (Å²) in [5.74, 6) is 1.33. The van der Waals surface area contributed by atoms with Crippen molar-refractivity contribution in [3.8, 4) is 5.69 Å². The van der Waals surface area contributed by atoms with Gasteiger partial charge in [0, 0.05) is 35.8 Å². The molecule has 0 saturated heterocycles. The SMILES string of the molecule is CN(Cc1cnc(SCc2ncc[nH]2)n1-c1ccc(Cl)cc1)c1ccc(F)cc1. The van der Waals surface area contributed by atoms with Gasteiger partial charge in [0.25, 0.3) is 0 Å². The van der Waals surface area contributed by atoms with Crippen LogP contribution in [0.1, 0.15) is 11.5 Å². The number of aromatic nitrogens is 4. The summed E-state index contributed by atoms with van der Waals surface area (Å²) in [6, 6.07) is 14.1. The van der Waals surface area contributed by atoms with E-state index in [1.807, 2.05) is 43.7 Å². The molecule has 5 nitrogen and oxygen atoms in total. The maximum atomic E-state index is 13.2. The molecule has 2 aromatic heterocycles. The van der Waals surface area contributed by atoms with Crippen LogP contribution in [0.4, 0.5) is 10.1 Å². The lowest BCUT2D eigenvalue weighted by atomic mass is 10.2. The average Bonchev–Trinajstić information content (AvgIpc) is 3.37. The van der Waals surface area contributed by atoms with Crippen molar-refractivity contribution in [1.29, 1.82) is 0 Å². The summed E-state index contributed by atoms with van der Waals surface area (Å²) in [5, 5.41) is 1.55. The van der Waals surface area contributed by atoms with Crippen molar-refractivity contribution in [3.05, 3.63) is 89.5 Å². The molecule has 0 aliphatic rings. The molecule has 0 atom stereocenters. The fourth-order valence-electron chi connectivity index (χ4n) is 2.99. The van der Waals surface area contributed by atoms with E-state index in [4.69, 9.17) is 11.6 Å². The number of hydrogen-bond donors (Lipinski definition) is 1. The Morgan fingerprint density at radius 2 is 1.86 bits per heavy atom. The van der Waals surface area contributed by atoms with Crippen LogP contribution in [0.25, 0.3) is 5.69 Å². The zero-order chi connectivity index (χ0) is 20.2. The molecule has 29 heavy (non-hydrogen) atoms. The number of aromatic amines is 1. The third-order valence-electron chi connectivity index (χ3n) is 4.45. The fraction of sp³-hybridized carbons (Fsp3) is 0.143. The minimum absolute atomic E-state index is 0.245. The highest BCUT2D eigenvalue weighted by molar-refractivity contribution is 7.98. The van der Waals surface area contributed by atoms with Crippen molar-refractivity contribution in [1.82, 2.24) is 19.5 Å². The quantitative estimate of drug-likeness (QED) is 0.406. The molecule has 2 aromatic carbocycles. The number of hydrogen-bond acceptors (Lipinski definition) is 4. The van der Waals surface area contributed by atoms with E-state index in [9.17, 15) is 4.39 Å². The Hall–Kier alpha value is -2.77. The van der Waals surface area contributed by atoms with Gasteiger partial charge in [0.15, 0.2) is 5.16 Å². The second-order valence-corrected chi connectivity index (χ2v) is 7.88. The van der Waals surface area contributed by atoms with Gasteiger partial charge in [-0.25, -0.2) is 14.4 Å². The monoisotopic (exact) mass is 427 g/mol. The number of anilines is 1. The molecule has 0 saturated carbocycles. The van der Waals surface area contributed by atoms with Crippen LogP contribution >= 0.6 is 23.4 Å². The summed E-state index contributed by atoms with van der Waals surface area (Å²) < 4.78 is 15.4. The van der Waals surface area contributed by atoms with Gasteiger partial charge >= 0.3 is 0 Å². The van der Waals surface area contributed by atoms with E-state index >= 15 is 0 Å². The average molecular weight is 428 g/mol. The van der Waals surface area contributed by atoms with Crippen LogP contribution < -0.4 is 4.90 Å². The third kappa shape index (κ3) is 4.63. The maximum absolute atomic E-state index is 13.2. The Kier molecular flexibility index (Phi) is 5.87. The van der Waals surface area contributed by atoms with Crippen LogP contribution in [0.2, 0.25) is 5.02 Å². The predicted octanol–water partition coefficient (Wildman–Crippen LogP) is 5.32. The molecule has 0 radical (unpaired) electrons. The normalized spacial score (nSPS) is 11.0. The van der Waals surface area contributed by atoms with Gasteiger partial charge in [-0.3, -0.25) is 4.57 Å². The van der Waals surface area contributed by atoms with E-state index in [0.717, 1.165) is 28.0 Å². The predicted molar refractivity (Wildman–Crippen MR) is 115 cm³/mol. The van der Waals surface area contributed by atoms with E-state index in [1.165, 1.54) is 12.1 Å². The first kappa shape index (κ1) is 19.5. The van der Waals surface area contributed by atoms with Gasteiger partial charge in [-0.2, -0.15) is 0 Å². The Morgan fingerprint density at radius 1 is 1.10 bits per heavy atom. The summed E-state index contributed by atoms with van der Waals surface area (Å²) in [4.78, 5) is 14.1. The van der Waals surface area contributed by atoms with E-state index in [-0.39, 0.29) is 5.82 Å². The molecule has 0 bridgehead atoms. The smallest absolute Gasteiger partial charge is 0.173 e. The standard InChI is InChI=1S/C21H19ClFN5S/c1-27(17-8-4-16(23)5-9-17)13-19-12-26-21(29-14-20-24-10-11-25-20)28(19)18-6-2-15(22)3-7-18/h2-12H,13-14H2,1H3,(H,24,25). The van der Waals surface area contributed by atoms with E-state index in [0.29, 0.717) is 17.3 Å². The zero-order valence-corrected chi connectivity index (χ0v) is 17.3. The van der Waals surface area contributed by atoms with E-state index in [2.05, 4.69) is 24.4 Å². The molecule has 4 rings (SSSR count). The van der Waals surface area contributed by atoms with Crippen LogP contribution in [0, 0.1) is 5.82 Å². The highest BCUT2D eigenvalue weighted by Gasteiger charge is 2.15. The van der Waals surface area contributed by atoms with Crippen molar-refractivity contribution in [2.24, 2.45) is 0 Å². The molecule has 148 valence electrons. The maximum Gasteiger partial charge on any atom is 0.173 e. The van der Waals surface area contributed by atoms with Crippen molar-refractivity contribution >= 4 is 29.1 Å². The lowest BCUT2D eigenvalue weighted by Crippen LogP contribution is -2.18. The molecule has 0 aliphatic heterocycles. The summed E-state index contributed by atoms with van der Waals surface area (Å²) in [6.07, 6.45) is 5.42. The number of halogens is 2. The van der Waals surface area contributed by atoms with Gasteiger partial charge in [0.2, 0.25) is 0 Å². The molecular weight excluding hydrogens is 409 g/mol. The number of thioether (sulfide) groups is 1. The lowest BCUT2D eigenvalue weighted by Gasteiger charge is -2.21. The Balaban J connectivity index is 1.63.